The number of hydrogen-bond acceptors (Lipinski definition) is 7. The fourth-order valence-corrected chi connectivity index (χ4v) is 12.1. The molecule has 0 aromatic heterocycles. The Morgan fingerprint density at radius 1 is 1.00 bits per heavy atom. The molecule has 2 aromatic rings. The molecule has 1 aliphatic carbocycles. The van der Waals surface area contributed by atoms with Gasteiger partial charge in [0.1, 0.15) is 0 Å². The molecule has 4 rings (SSSR count). The van der Waals surface area contributed by atoms with Crippen molar-refractivity contribution in [2.24, 2.45) is 10.4 Å². The fourth-order valence-electron chi connectivity index (χ4n) is 5.32. The molecule has 1 unspecified atom stereocenters. The van der Waals surface area contributed by atoms with Gasteiger partial charge < -0.3 is 0 Å². The van der Waals surface area contributed by atoms with Crippen LogP contribution in [-0.4, -0.2) is 89.0 Å². The number of esters is 1. The van der Waals surface area contributed by atoms with Gasteiger partial charge in [-0.05, 0) is 0 Å². The van der Waals surface area contributed by atoms with Crippen LogP contribution in [-0.2, 0) is 14.3 Å². The first-order valence-corrected chi connectivity index (χ1v) is 19.9. The van der Waals surface area contributed by atoms with Crippen LogP contribution in [0.25, 0.3) is 0 Å². The Bertz CT molecular complexity index is 1790. The number of aliphatic imine (C=N–C) groups is 1. The van der Waals surface area contributed by atoms with E-state index in [2.05, 4.69) is 21.6 Å². The zero-order valence-electron chi connectivity index (χ0n) is 27.6. The molecule has 2 amide bonds. The summed E-state index contributed by atoms with van der Waals surface area (Å²) in [7, 11) is 0. The third-order valence-corrected chi connectivity index (χ3v) is 14.5. The van der Waals surface area contributed by atoms with Crippen molar-refractivity contribution in [1.29, 1.82) is 5.41 Å². The number of aliphatic hydroxyl groups excluding tert-OH is 1. The Hall–Kier alpha value is -3.56. The Kier molecular flexibility index (Phi) is 13.6. The van der Waals surface area contributed by atoms with E-state index >= 15 is 0 Å². The molecule has 2 aromatic carbocycles. The van der Waals surface area contributed by atoms with Crippen molar-refractivity contribution in [3.05, 3.63) is 89.2 Å². The molecule has 2 atom stereocenters. The molecule has 0 saturated heterocycles. The number of carbonyl (C=O) groups is 2. The number of carbonyl (C=O) groups excluding carboxylic acids is 2. The van der Waals surface area contributed by atoms with Crippen molar-refractivity contribution in [1.82, 2.24) is 10.2 Å². The van der Waals surface area contributed by atoms with Gasteiger partial charge in [0.2, 0.25) is 0 Å². The summed E-state index contributed by atoms with van der Waals surface area (Å²) in [6, 6.07) is 10.6. The number of aliphatic hydroxyl groups is 1. The van der Waals surface area contributed by atoms with Crippen LogP contribution in [0.4, 0.5) is 44.3 Å². The summed E-state index contributed by atoms with van der Waals surface area (Å²) in [4.78, 5) is 30.1. The molecule has 21 heteroatoms. The number of urea groups is 1. The van der Waals surface area contributed by atoms with Gasteiger partial charge in [0.25, 0.3) is 0 Å². The minimum atomic E-state index is -5.40. The first kappa shape index (κ1) is 43.2. The number of ether oxygens (including phenoxy) is 2. The number of alkyl halides is 10. The number of rotatable bonds is 11. The molecule has 1 aliphatic heterocycles. The van der Waals surface area contributed by atoms with Crippen LogP contribution in [0.5, 0.6) is 0 Å². The van der Waals surface area contributed by atoms with Gasteiger partial charge in [0.15, 0.2) is 0 Å². The van der Waals surface area contributed by atoms with Crippen LogP contribution < -0.4 is 5.32 Å². The second kappa shape index (κ2) is 17.1. The number of hydrogen-bond donors (Lipinski definition) is 3. The molecule has 2 aliphatic rings. The van der Waals surface area contributed by atoms with Crippen molar-refractivity contribution in [3.63, 3.8) is 0 Å². The number of benzene rings is 2. The Morgan fingerprint density at radius 3 is 2.24 bits per heavy atom. The molecule has 0 fully saturated rings. The van der Waals surface area contributed by atoms with E-state index in [9.17, 15) is 54.2 Å². The van der Waals surface area contributed by atoms with E-state index in [1.165, 1.54) is 24.3 Å². The van der Waals surface area contributed by atoms with E-state index in [-0.39, 0.29) is 40.1 Å². The van der Waals surface area contributed by atoms with E-state index in [1.807, 2.05) is 0 Å². The number of nitrogens with zero attached hydrogens (tertiary/aromatic N) is 2. The summed E-state index contributed by atoms with van der Waals surface area (Å²) in [5, 5.41) is 21.3. The molecule has 0 saturated carbocycles. The number of nitrogens with one attached hydrogen (secondary N) is 2. The molecule has 0 radical (unpaired) electrons. The SMILES string of the molecule is C=C(OCC1(COC(=O)C(F)(F)F)CCC2=C(C1)I(c1cccc(Cl)c1)CN=C2CNC(=O)N(C[C@H](O)C(F)(F)F)C(=N)c1ccc(Cl)cc1)C(F)(F)F. The van der Waals surface area contributed by atoms with Crippen LogP contribution in [0.2, 0.25) is 10.0 Å². The summed E-state index contributed by atoms with van der Waals surface area (Å²) in [5.74, 6) is -4.88. The van der Waals surface area contributed by atoms with Gasteiger partial charge in [-0.3, -0.25) is 0 Å². The second-order valence-electron chi connectivity index (χ2n) is 12.1. The predicted octanol–water partition coefficient (Wildman–Crippen LogP) is 8.66. The molecule has 1 heterocycles. The van der Waals surface area contributed by atoms with E-state index in [0.717, 1.165) is 3.57 Å². The number of amides is 2. The molecule has 54 heavy (non-hydrogen) atoms. The molecular formula is C33H30Cl2F9IN4O5. The Labute approximate surface area is 319 Å². The third kappa shape index (κ3) is 11.0. The van der Waals surface area contributed by atoms with Crippen LogP contribution in [0, 0.1) is 14.4 Å². The molecular weight excluding hydrogens is 901 g/mol. The van der Waals surface area contributed by atoms with Gasteiger partial charge in [0, 0.05) is 0 Å². The van der Waals surface area contributed by atoms with Gasteiger partial charge in [-0.2, -0.15) is 0 Å². The van der Waals surface area contributed by atoms with Crippen LogP contribution >= 0.6 is 43.0 Å². The summed E-state index contributed by atoms with van der Waals surface area (Å²) in [5.41, 5.74) is -0.907. The fraction of sp³-hybridized carbons (Fsp3) is 0.394. The predicted molar refractivity (Wildman–Crippen MR) is 188 cm³/mol. The Balaban J connectivity index is 1.68. The van der Waals surface area contributed by atoms with E-state index in [4.69, 9.17) is 33.3 Å². The Morgan fingerprint density at radius 2 is 1.65 bits per heavy atom. The van der Waals surface area contributed by atoms with Crippen LogP contribution in [0.1, 0.15) is 24.8 Å². The van der Waals surface area contributed by atoms with E-state index in [0.29, 0.717) is 19.1 Å². The van der Waals surface area contributed by atoms with Gasteiger partial charge in [-0.1, -0.05) is 11.6 Å². The van der Waals surface area contributed by atoms with Crippen molar-refractivity contribution in [3.8, 4) is 0 Å². The molecule has 0 bridgehead atoms. The quantitative estimate of drug-likeness (QED) is 0.0304. The molecule has 0 spiro atoms. The summed E-state index contributed by atoms with van der Waals surface area (Å²) < 4.78 is 130. The number of amidine groups is 1. The number of halogens is 12. The summed E-state index contributed by atoms with van der Waals surface area (Å²) >= 11 is 9.39. The van der Waals surface area contributed by atoms with Crippen molar-refractivity contribution in [2.45, 2.75) is 43.9 Å². The normalized spacial score (nSPS) is 19.0. The van der Waals surface area contributed by atoms with Gasteiger partial charge in [0.05, 0.1) is 0 Å². The average molecular weight is 931 g/mol. The standard InChI is InChI=1S/C33H30Cl2F9IN4O5/c1-18(31(36,37)38)53-15-30(16-54-28(51)33(42,43)44)10-9-23-24(12-30)45(22-4-2-3-21(35)11-22)17-48-25(23)13-47-29(52)49(14-26(50)32(39,40)41)27(46)19-5-7-20(34)8-6-19/h2-8,11,26,46,50H,1,9-10,12-17H2,(H,47,52)/t26-,30?/m0/s1. The van der Waals surface area contributed by atoms with Gasteiger partial charge in [-0.15, -0.1) is 0 Å². The summed E-state index contributed by atoms with van der Waals surface area (Å²) in [6.07, 6.45) is -19.0. The molecule has 296 valence electrons. The van der Waals surface area contributed by atoms with E-state index in [1.54, 1.807) is 24.3 Å². The second-order valence-corrected chi connectivity index (χ2v) is 18.2. The van der Waals surface area contributed by atoms with Crippen LogP contribution in [0.15, 0.2) is 75.0 Å². The molecule has 9 nitrogen and oxygen atoms in total. The van der Waals surface area contributed by atoms with Crippen molar-refractivity contribution < 1.29 is 63.7 Å². The van der Waals surface area contributed by atoms with Gasteiger partial charge in [-0.25, -0.2) is 0 Å². The van der Waals surface area contributed by atoms with Crippen LogP contribution in [0.3, 0.4) is 0 Å². The zero-order valence-corrected chi connectivity index (χ0v) is 31.2. The topological polar surface area (TPSA) is 124 Å². The first-order valence-electron chi connectivity index (χ1n) is 15.5. The van der Waals surface area contributed by atoms with Crippen molar-refractivity contribution >= 4 is 66.6 Å². The average Bonchev–Trinajstić information content (AvgIpc) is 3.09. The maximum atomic E-state index is 13.4. The maximum absolute atomic E-state index is 13.4. The number of allylic oxidation sites excluding steroid dienone is 2. The van der Waals surface area contributed by atoms with E-state index < -0.39 is 99.8 Å². The minimum absolute atomic E-state index is 0.00896. The van der Waals surface area contributed by atoms with Crippen molar-refractivity contribution in [2.75, 3.05) is 30.9 Å². The van der Waals surface area contributed by atoms with Gasteiger partial charge >= 0.3 is 309 Å². The first-order chi connectivity index (χ1) is 25.0. The molecule has 3 N–H and O–H groups in total. The summed E-state index contributed by atoms with van der Waals surface area (Å²) in [6.45, 7) is -0.744. The zero-order chi connectivity index (χ0) is 40.2. The third-order valence-electron chi connectivity index (χ3n) is 8.19. The monoisotopic (exact) mass is 930 g/mol.